The maximum Gasteiger partial charge on any atom is 2.00 e. The molecule has 0 unspecified atom stereocenters. The smallest absolute Gasteiger partial charge is 0.784 e. The van der Waals surface area contributed by atoms with Crippen LogP contribution in [0.15, 0.2) is 31.9 Å². The van der Waals surface area contributed by atoms with E-state index in [0.717, 1.165) is 21.2 Å². The molecule has 0 atom stereocenters. The fourth-order valence-corrected chi connectivity index (χ4v) is 1.47. The average molecular weight is 318 g/mol. The van der Waals surface area contributed by atoms with Crippen molar-refractivity contribution in [3.8, 4) is 0 Å². The van der Waals surface area contributed by atoms with Gasteiger partial charge in [-0.25, -0.2) is 0 Å². The summed E-state index contributed by atoms with van der Waals surface area (Å²) in [5, 5.41) is 0. The van der Waals surface area contributed by atoms with E-state index < -0.39 is 0 Å². The summed E-state index contributed by atoms with van der Waals surface area (Å²) >= 11 is 9.91. The van der Waals surface area contributed by atoms with Crippen LogP contribution in [0.1, 0.15) is 27.7 Å². The van der Waals surface area contributed by atoms with Crippen LogP contribution in [-0.2, 0) is 42.3 Å². The molecule has 2 nitrogen and oxygen atoms in total. The SMILES string of the molecule is CC(/C=C(/C)[S-])=NCCN=C(C)/C=C(/C)[S-].[Cu+2]. The Hall–Kier alpha value is -0.221. The Bertz CT molecular complexity index is 302. The Morgan fingerprint density at radius 2 is 1.12 bits per heavy atom. The van der Waals surface area contributed by atoms with Gasteiger partial charge in [0, 0.05) is 11.4 Å². The van der Waals surface area contributed by atoms with E-state index in [4.69, 9.17) is 25.3 Å². The summed E-state index contributed by atoms with van der Waals surface area (Å²) in [6, 6.07) is 0. The van der Waals surface area contributed by atoms with E-state index in [1.54, 1.807) is 0 Å². The van der Waals surface area contributed by atoms with Gasteiger partial charge in [-0.2, -0.15) is 9.81 Å². The van der Waals surface area contributed by atoms with Crippen LogP contribution in [0.2, 0.25) is 0 Å². The first-order chi connectivity index (χ1) is 7.41. The Labute approximate surface area is 126 Å². The van der Waals surface area contributed by atoms with Crippen LogP contribution < -0.4 is 0 Å². The van der Waals surface area contributed by atoms with Crippen molar-refractivity contribution in [3.63, 3.8) is 0 Å². The normalized spacial score (nSPS) is 14.6. The monoisotopic (exact) mass is 317 g/mol. The molecule has 0 bridgehead atoms. The molecule has 0 saturated carbocycles. The van der Waals surface area contributed by atoms with Crippen LogP contribution in [-0.4, -0.2) is 24.5 Å². The molecule has 99 valence electrons. The van der Waals surface area contributed by atoms with Gasteiger partial charge in [0.1, 0.15) is 0 Å². The minimum Gasteiger partial charge on any atom is -0.784 e. The zero-order valence-corrected chi connectivity index (χ0v) is 13.2. The summed E-state index contributed by atoms with van der Waals surface area (Å²) in [6.07, 6.45) is 3.78. The minimum absolute atomic E-state index is 0. The summed E-state index contributed by atoms with van der Waals surface area (Å²) in [6.45, 7) is 9.03. The van der Waals surface area contributed by atoms with Gasteiger partial charge < -0.3 is 25.3 Å². The van der Waals surface area contributed by atoms with Crippen molar-refractivity contribution in [3.05, 3.63) is 22.0 Å². The molecule has 0 N–H and O–H groups in total. The van der Waals surface area contributed by atoms with Gasteiger partial charge in [-0.05, 0) is 13.8 Å². The van der Waals surface area contributed by atoms with E-state index in [-0.39, 0.29) is 17.1 Å². The van der Waals surface area contributed by atoms with Crippen LogP contribution in [0.25, 0.3) is 0 Å². The molecule has 0 saturated heterocycles. The topological polar surface area (TPSA) is 24.7 Å². The van der Waals surface area contributed by atoms with E-state index in [1.165, 1.54) is 0 Å². The molecule has 0 aromatic heterocycles. The zero-order chi connectivity index (χ0) is 12.6. The van der Waals surface area contributed by atoms with E-state index >= 15 is 0 Å². The van der Waals surface area contributed by atoms with Crippen LogP contribution in [0.3, 0.4) is 0 Å². The maximum absolute atomic E-state index is 4.96. The summed E-state index contributed by atoms with van der Waals surface area (Å²) < 4.78 is 0. The number of rotatable bonds is 5. The molecule has 0 aliphatic carbocycles. The first kappa shape index (κ1) is 19.1. The van der Waals surface area contributed by atoms with Gasteiger partial charge in [-0.1, -0.05) is 26.0 Å². The quantitative estimate of drug-likeness (QED) is 0.337. The summed E-state index contributed by atoms with van der Waals surface area (Å²) in [7, 11) is 0. The molecule has 0 aromatic carbocycles. The maximum atomic E-state index is 4.96. The van der Waals surface area contributed by atoms with Crippen molar-refractivity contribution in [2.45, 2.75) is 27.7 Å². The number of hydrogen-bond donors (Lipinski definition) is 0. The Morgan fingerprint density at radius 3 is 1.35 bits per heavy atom. The van der Waals surface area contributed by atoms with Gasteiger partial charge in [0.25, 0.3) is 0 Å². The summed E-state index contributed by atoms with van der Waals surface area (Å²) in [5.41, 5.74) is 1.91. The van der Waals surface area contributed by atoms with E-state index in [2.05, 4.69) is 9.98 Å². The second-order valence-corrected chi connectivity index (χ2v) is 4.84. The predicted octanol–water partition coefficient (Wildman–Crippen LogP) is 2.81. The zero-order valence-electron chi connectivity index (χ0n) is 10.6. The van der Waals surface area contributed by atoms with Crippen LogP contribution in [0, 0.1) is 0 Å². The molecule has 0 fully saturated rings. The second-order valence-electron chi connectivity index (χ2n) is 3.56. The van der Waals surface area contributed by atoms with Crippen LogP contribution in [0.4, 0.5) is 0 Å². The molecule has 0 aliphatic heterocycles. The Balaban J connectivity index is 0. The molecule has 17 heavy (non-hydrogen) atoms. The average Bonchev–Trinajstić information content (AvgIpc) is 2.10. The Morgan fingerprint density at radius 1 is 0.824 bits per heavy atom. The third kappa shape index (κ3) is 13.7. The van der Waals surface area contributed by atoms with Crippen molar-refractivity contribution < 1.29 is 17.1 Å². The first-order valence-corrected chi connectivity index (χ1v) is 5.96. The van der Waals surface area contributed by atoms with Crippen LogP contribution in [0.5, 0.6) is 0 Å². The number of hydrogen-bond acceptors (Lipinski definition) is 4. The summed E-state index contributed by atoms with van der Waals surface area (Å²) in [4.78, 5) is 10.4. The largest absolute Gasteiger partial charge is 2.00 e. The number of nitrogens with zero attached hydrogens (tertiary/aromatic N) is 2. The van der Waals surface area contributed by atoms with Gasteiger partial charge in [0.15, 0.2) is 0 Å². The van der Waals surface area contributed by atoms with E-state index in [9.17, 15) is 0 Å². The van der Waals surface area contributed by atoms with Gasteiger partial charge in [0.05, 0.1) is 13.1 Å². The van der Waals surface area contributed by atoms with Crippen molar-refractivity contribution in [1.82, 2.24) is 0 Å². The van der Waals surface area contributed by atoms with Gasteiger partial charge >= 0.3 is 17.1 Å². The summed E-state index contributed by atoms with van der Waals surface area (Å²) in [5.74, 6) is 0. The fraction of sp³-hybridized carbons (Fsp3) is 0.500. The number of aliphatic imine (C=N–C) groups is 2. The van der Waals surface area contributed by atoms with E-state index in [1.807, 2.05) is 39.8 Å². The predicted molar refractivity (Wildman–Crippen MR) is 78.2 cm³/mol. The fourth-order valence-electron chi connectivity index (χ4n) is 1.13. The Kier molecular flexibility index (Phi) is 12.3. The number of allylic oxidation sites excluding steroid dienone is 4. The third-order valence-corrected chi connectivity index (χ3v) is 1.88. The molecule has 0 amide bonds. The van der Waals surface area contributed by atoms with Gasteiger partial charge in [0.2, 0.25) is 0 Å². The van der Waals surface area contributed by atoms with E-state index in [0.29, 0.717) is 13.1 Å². The molecular formula is C12H18CuN2S2. The molecule has 5 heteroatoms. The van der Waals surface area contributed by atoms with Crippen molar-refractivity contribution in [1.29, 1.82) is 0 Å². The molecule has 0 aromatic rings. The van der Waals surface area contributed by atoms with Gasteiger partial charge in [-0.15, -0.1) is 0 Å². The molecule has 0 spiro atoms. The molecule has 1 radical (unpaired) electrons. The second kappa shape index (κ2) is 10.9. The molecule has 0 heterocycles. The van der Waals surface area contributed by atoms with Gasteiger partial charge in [-0.3, -0.25) is 9.98 Å². The third-order valence-electron chi connectivity index (χ3n) is 1.65. The molecule has 0 rings (SSSR count). The molecule has 0 aliphatic rings. The standard InChI is InChI=1S/C12H20N2S2.Cu/c1-9(7-11(3)15)13-5-6-14-10(2)8-12(4)16;/h7-8,15-16H,5-6H2,1-4H3;/q;+2/p-2/b11-7-,12-8-,13-9?,14-10?;. The molecular weight excluding hydrogens is 300 g/mol. The first-order valence-electron chi connectivity index (χ1n) is 5.14. The van der Waals surface area contributed by atoms with Crippen molar-refractivity contribution in [2.24, 2.45) is 9.98 Å². The van der Waals surface area contributed by atoms with Crippen molar-refractivity contribution >= 4 is 36.7 Å². The minimum atomic E-state index is 0. The van der Waals surface area contributed by atoms with Crippen molar-refractivity contribution in [2.75, 3.05) is 13.1 Å². The van der Waals surface area contributed by atoms with Crippen LogP contribution >= 0.6 is 0 Å².